The zero-order valence-electron chi connectivity index (χ0n) is 16.3. The van der Waals surface area contributed by atoms with Crippen LogP contribution < -0.4 is 16.4 Å². The smallest absolute Gasteiger partial charge is 0.252 e. The van der Waals surface area contributed by atoms with Crippen LogP contribution in [-0.2, 0) is 4.79 Å². The van der Waals surface area contributed by atoms with Gasteiger partial charge in [0.25, 0.3) is 5.91 Å². The Morgan fingerprint density at radius 3 is 2.35 bits per heavy atom. The van der Waals surface area contributed by atoms with E-state index in [-0.39, 0.29) is 23.8 Å². The normalized spacial score (nSPS) is 17.6. The van der Waals surface area contributed by atoms with Crippen LogP contribution in [0.3, 0.4) is 0 Å². The predicted octanol–water partition coefficient (Wildman–Crippen LogP) is 2.77. The third kappa shape index (κ3) is 5.31. The molecule has 1 aliphatic carbocycles. The molecule has 5 nitrogen and oxygen atoms in total. The maximum absolute atomic E-state index is 12.9. The van der Waals surface area contributed by atoms with Crippen LogP contribution in [-0.4, -0.2) is 30.4 Å². The summed E-state index contributed by atoms with van der Waals surface area (Å²) in [5, 5.41) is 6.02. The maximum Gasteiger partial charge on any atom is 0.252 e. The predicted molar refractivity (Wildman–Crippen MR) is 105 cm³/mol. The first-order valence-electron chi connectivity index (χ1n) is 9.81. The largest absolute Gasteiger partial charge is 0.350 e. The van der Waals surface area contributed by atoms with Crippen molar-refractivity contribution < 1.29 is 9.59 Å². The first-order valence-corrected chi connectivity index (χ1v) is 9.81. The summed E-state index contributed by atoms with van der Waals surface area (Å²) in [6, 6.07) is 6.82. The Bertz CT molecular complexity index is 609. The monoisotopic (exact) mass is 359 g/mol. The Labute approximate surface area is 157 Å². The van der Waals surface area contributed by atoms with Crippen LogP contribution in [0, 0.1) is 18.8 Å². The van der Waals surface area contributed by atoms with Gasteiger partial charge in [-0.3, -0.25) is 9.59 Å². The van der Waals surface area contributed by atoms with Crippen molar-refractivity contribution in [1.29, 1.82) is 0 Å². The molecule has 26 heavy (non-hydrogen) atoms. The van der Waals surface area contributed by atoms with Gasteiger partial charge >= 0.3 is 0 Å². The molecule has 0 bridgehead atoms. The summed E-state index contributed by atoms with van der Waals surface area (Å²) < 4.78 is 0. The second-order valence-electron chi connectivity index (χ2n) is 7.76. The number of hydrogen-bond donors (Lipinski definition) is 3. The third-order valence-corrected chi connectivity index (χ3v) is 5.43. The average molecular weight is 360 g/mol. The molecule has 1 aliphatic rings. The summed E-state index contributed by atoms with van der Waals surface area (Å²) in [6.45, 7) is 6.22. The number of rotatable bonds is 7. The standard InChI is InChI=1S/C21H33N3O2/c1-14(2)19(24-20(25)17-12-8-7-9-15(17)3)21(26)23-18(13-22)16-10-5-4-6-11-16/h7-9,12,14,16,18-19H,4-6,10-11,13,22H2,1-3H3,(H,23,26)(H,24,25). The number of amides is 2. The van der Waals surface area contributed by atoms with Gasteiger partial charge in [0.2, 0.25) is 5.91 Å². The van der Waals surface area contributed by atoms with E-state index in [2.05, 4.69) is 10.6 Å². The van der Waals surface area contributed by atoms with E-state index in [0.717, 1.165) is 18.4 Å². The zero-order chi connectivity index (χ0) is 19.1. The summed E-state index contributed by atoms with van der Waals surface area (Å²) >= 11 is 0. The van der Waals surface area contributed by atoms with Gasteiger partial charge in [-0.15, -0.1) is 0 Å². The van der Waals surface area contributed by atoms with Gasteiger partial charge in [0.1, 0.15) is 6.04 Å². The molecule has 0 heterocycles. The number of carbonyl (C=O) groups excluding carboxylic acids is 2. The quantitative estimate of drug-likeness (QED) is 0.700. The lowest BCUT2D eigenvalue weighted by Crippen LogP contribution is -2.55. The molecule has 0 spiro atoms. The molecule has 4 N–H and O–H groups in total. The summed E-state index contributed by atoms with van der Waals surface area (Å²) in [6.07, 6.45) is 5.90. The van der Waals surface area contributed by atoms with E-state index < -0.39 is 6.04 Å². The van der Waals surface area contributed by atoms with E-state index in [1.807, 2.05) is 39.0 Å². The fourth-order valence-electron chi connectivity index (χ4n) is 3.76. The number of nitrogens with one attached hydrogen (secondary N) is 2. The first-order chi connectivity index (χ1) is 12.4. The number of benzene rings is 1. The van der Waals surface area contributed by atoms with E-state index >= 15 is 0 Å². The molecule has 2 amide bonds. The number of hydrogen-bond acceptors (Lipinski definition) is 3. The number of aryl methyl sites for hydroxylation is 1. The highest BCUT2D eigenvalue weighted by Crippen LogP contribution is 2.26. The van der Waals surface area contributed by atoms with E-state index in [0.29, 0.717) is 18.0 Å². The van der Waals surface area contributed by atoms with Crippen LogP contribution in [0.1, 0.15) is 61.9 Å². The van der Waals surface area contributed by atoms with Crippen molar-refractivity contribution in [2.24, 2.45) is 17.6 Å². The van der Waals surface area contributed by atoms with E-state index in [1.165, 1.54) is 19.3 Å². The Morgan fingerprint density at radius 1 is 1.12 bits per heavy atom. The highest BCUT2D eigenvalue weighted by Gasteiger charge is 2.29. The van der Waals surface area contributed by atoms with Crippen LogP contribution >= 0.6 is 0 Å². The van der Waals surface area contributed by atoms with Crippen LogP contribution in [0.5, 0.6) is 0 Å². The molecule has 1 aromatic rings. The molecule has 1 aromatic carbocycles. The van der Waals surface area contributed by atoms with Gasteiger partial charge in [-0.05, 0) is 43.2 Å². The SMILES string of the molecule is Cc1ccccc1C(=O)NC(C(=O)NC(CN)C1CCCCC1)C(C)C. The second-order valence-corrected chi connectivity index (χ2v) is 7.76. The third-order valence-electron chi connectivity index (χ3n) is 5.43. The van der Waals surface area contributed by atoms with Crippen LogP contribution in [0.25, 0.3) is 0 Å². The zero-order valence-corrected chi connectivity index (χ0v) is 16.3. The van der Waals surface area contributed by atoms with Gasteiger partial charge in [0, 0.05) is 18.2 Å². The van der Waals surface area contributed by atoms with Crippen molar-refractivity contribution in [3.05, 3.63) is 35.4 Å². The Morgan fingerprint density at radius 2 is 1.77 bits per heavy atom. The fourth-order valence-corrected chi connectivity index (χ4v) is 3.76. The number of nitrogens with two attached hydrogens (primary N) is 1. The van der Waals surface area contributed by atoms with E-state index in [4.69, 9.17) is 5.73 Å². The minimum absolute atomic E-state index is 0.00671. The molecular weight excluding hydrogens is 326 g/mol. The van der Waals surface area contributed by atoms with Crippen molar-refractivity contribution in [1.82, 2.24) is 10.6 Å². The van der Waals surface area contributed by atoms with Gasteiger partial charge in [0.15, 0.2) is 0 Å². The lowest BCUT2D eigenvalue weighted by atomic mass is 9.83. The summed E-state index contributed by atoms with van der Waals surface area (Å²) in [5.41, 5.74) is 7.44. The molecule has 5 heteroatoms. The molecular formula is C21H33N3O2. The number of carbonyl (C=O) groups is 2. The Kier molecular flexibility index (Phi) is 7.64. The van der Waals surface area contributed by atoms with Crippen molar-refractivity contribution in [3.8, 4) is 0 Å². The first kappa shape index (κ1) is 20.4. The Balaban J connectivity index is 2.04. The second kappa shape index (κ2) is 9.72. The van der Waals surface area contributed by atoms with E-state index in [9.17, 15) is 9.59 Å². The van der Waals surface area contributed by atoms with Crippen molar-refractivity contribution in [3.63, 3.8) is 0 Å². The minimum atomic E-state index is -0.570. The molecule has 0 radical (unpaired) electrons. The molecule has 1 saturated carbocycles. The van der Waals surface area contributed by atoms with Crippen LogP contribution in [0.15, 0.2) is 24.3 Å². The molecule has 1 fully saturated rings. The lowest BCUT2D eigenvalue weighted by Gasteiger charge is -2.32. The summed E-state index contributed by atoms with van der Waals surface area (Å²) in [4.78, 5) is 25.5. The molecule has 2 unspecified atom stereocenters. The molecule has 2 rings (SSSR count). The van der Waals surface area contributed by atoms with Crippen molar-refractivity contribution in [2.75, 3.05) is 6.54 Å². The molecule has 144 valence electrons. The Hall–Kier alpha value is -1.88. The topological polar surface area (TPSA) is 84.2 Å². The summed E-state index contributed by atoms with van der Waals surface area (Å²) in [5.74, 6) is 0.0900. The highest BCUT2D eigenvalue weighted by atomic mass is 16.2. The van der Waals surface area contributed by atoms with Gasteiger partial charge in [0.05, 0.1) is 0 Å². The fraction of sp³-hybridized carbons (Fsp3) is 0.619. The van der Waals surface area contributed by atoms with Gasteiger partial charge in [-0.25, -0.2) is 0 Å². The van der Waals surface area contributed by atoms with E-state index in [1.54, 1.807) is 6.07 Å². The van der Waals surface area contributed by atoms with Crippen molar-refractivity contribution in [2.45, 2.75) is 65.0 Å². The highest BCUT2D eigenvalue weighted by molar-refractivity contribution is 5.98. The lowest BCUT2D eigenvalue weighted by molar-refractivity contribution is -0.125. The summed E-state index contributed by atoms with van der Waals surface area (Å²) in [7, 11) is 0. The minimum Gasteiger partial charge on any atom is -0.350 e. The molecule has 2 atom stereocenters. The average Bonchev–Trinajstić information content (AvgIpc) is 2.64. The van der Waals surface area contributed by atoms with Gasteiger partial charge < -0.3 is 16.4 Å². The molecule has 0 saturated heterocycles. The van der Waals surface area contributed by atoms with Gasteiger partial charge in [-0.2, -0.15) is 0 Å². The van der Waals surface area contributed by atoms with Crippen LogP contribution in [0.2, 0.25) is 0 Å². The van der Waals surface area contributed by atoms with Gasteiger partial charge in [-0.1, -0.05) is 51.3 Å². The van der Waals surface area contributed by atoms with Crippen LogP contribution in [0.4, 0.5) is 0 Å². The van der Waals surface area contributed by atoms with Crippen molar-refractivity contribution >= 4 is 11.8 Å². The maximum atomic E-state index is 12.9. The molecule has 0 aromatic heterocycles. The molecule has 0 aliphatic heterocycles.